The molecular formula is C13H10F3NO4S2. The van der Waals surface area contributed by atoms with E-state index in [2.05, 4.69) is 0 Å². The number of alkyl halides is 3. The average Bonchev–Trinajstić information content (AvgIpc) is 2.45. The summed E-state index contributed by atoms with van der Waals surface area (Å²) in [6, 6.07) is 8.39. The topological polar surface area (TPSA) is 94.3 Å². The molecule has 10 heteroatoms. The Morgan fingerprint density at radius 1 is 0.826 bits per heavy atom. The van der Waals surface area contributed by atoms with Gasteiger partial charge in [-0.2, -0.15) is 13.2 Å². The van der Waals surface area contributed by atoms with E-state index in [0.717, 1.165) is 0 Å². The van der Waals surface area contributed by atoms with E-state index in [1.165, 1.54) is 24.3 Å². The van der Waals surface area contributed by atoms with Crippen LogP contribution in [0, 0.1) is 0 Å². The van der Waals surface area contributed by atoms with Crippen LogP contribution in [0.1, 0.15) is 5.56 Å². The molecule has 23 heavy (non-hydrogen) atoms. The Bertz CT molecular complexity index is 937. The minimum absolute atomic E-state index is 0.180. The fraction of sp³-hybridized carbons (Fsp3) is 0.0769. The zero-order chi connectivity index (χ0) is 17.5. The van der Waals surface area contributed by atoms with Crippen LogP contribution in [0.2, 0.25) is 0 Å². The van der Waals surface area contributed by atoms with Crippen LogP contribution in [0.3, 0.4) is 0 Å². The van der Waals surface area contributed by atoms with E-state index < -0.39 is 41.4 Å². The van der Waals surface area contributed by atoms with Crippen molar-refractivity contribution in [3.63, 3.8) is 0 Å². The summed E-state index contributed by atoms with van der Waals surface area (Å²) in [5.74, 6) is 0. The molecule has 0 aromatic heterocycles. The van der Waals surface area contributed by atoms with Crippen molar-refractivity contribution in [3.05, 3.63) is 54.1 Å². The van der Waals surface area contributed by atoms with Gasteiger partial charge in [0.05, 0.1) is 20.2 Å². The molecule has 0 radical (unpaired) electrons. The fourth-order valence-electron chi connectivity index (χ4n) is 1.88. The van der Waals surface area contributed by atoms with Crippen molar-refractivity contribution in [1.29, 1.82) is 0 Å². The van der Waals surface area contributed by atoms with E-state index in [4.69, 9.17) is 5.14 Å². The molecule has 124 valence electrons. The Balaban J connectivity index is 2.73. The fourth-order valence-corrected chi connectivity index (χ4v) is 4.04. The van der Waals surface area contributed by atoms with Crippen LogP contribution in [0.5, 0.6) is 0 Å². The van der Waals surface area contributed by atoms with Gasteiger partial charge < -0.3 is 0 Å². The van der Waals surface area contributed by atoms with Crippen molar-refractivity contribution >= 4 is 19.9 Å². The number of sulfonamides is 1. The maximum absolute atomic E-state index is 12.9. The highest BCUT2D eigenvalue weighted by molar-refractivity contribution is 7.91. The normalized spacial score (nSPS) is 13.0. The van der Waals surface area contributed by atoms with Gasteiger partial charge in [-0.15, -0.1) is 0 Å². The van der Waals surface area contributed by atoms with Gasteiger partial charge in [0.2, 0.25) is 19.9 Å². The molecule has 2 N–H and O–H groups in total. The Morgan fingerprint density at radius 2 is 1.39 bits per heavy atom. The van der Waals surface area contributed by atoms with Gasteiger partial charge in [-0.25, -0.2) is 22.0 Å². The third kappa shape index (κ3) is 3.54. The molecular weight excluding hydrogens is 355 g/mol. The number of rotatable bonds is 3. The Kier molecular flexibility index (Phi) is 4.26. The van der Waals surface area contributed by atoms with Crippen LogP contribution in [0.15, 0.2) is 63.2 Å². The molecule has 0 bridgehead atoms. The van der Waals surface area contributed by atoms with Gasteiger partial charge in [-0.05, 0) is 30.3 Å². The van der Waals surface area contributed by atoms with Crippen molar-refractivity contribution in [2.75, 3.05) is 0 Å². The summed E-state index contributed by atoms with van der Waals surface area (Å²) in [5.41, 5.74) is -1.52. The molecule has 0 aliphatic heterocycles. The number of halogens is 3. The maximum Gasteiger partial charge on any atom is 0.417 e. The summed E-state index contributed by atoms with van der Waals surface area (Å²) in [6.45, 7) is 0. The summed E-state index contributed by atoms with van der Waals surface area (Å²) in [5, 5.41) is 4.78. The second kappa shape index (κ2) is 5.62. The molecule has 0 aliphatic rings. The minimum atomic E-state index is -4.99. The van der Waals surface area contributed by atoms with Crippen LogP contribution in [0.4, 0.5) is 13.2 Å². The number of nitrogens with two attached hydrogens (primary N) is 1. The van der Waals surface area contributed by atoms with Crippen LogP contribution in [-0.4, -0.2) is 16.8 Å². The van der Waals surface area contributed by atoms with Gasteiger partial charge in [-0.1, -0.05) is 18.2 Å². The standard InChI is InChI=1S/C13H10F3NO4S2/c14-13(15,16)11-7-6-10(8-12(11)23(17,20)21)22(18,19)9-4-2-1-3-5-9/h1-8H,(H2,17,20,21). The van der Waals surface area contributed by atoms with Crippen LogP contribution >= 0.6 is 0 Å². The van der Waals surface area contributed by atoms with E-state index in [-0.39, 0.29) is 4.90 Å². The van der Waals surface area contributed by atoms with E-state index in [1.54, 1.807) is 6.07 Å². The molecule has 2 aromatic carbocycles. The first-order valence-corrected chi connectivity index (χ1v) is 9.01. The van der Waals surface area contributed by atoms with Gasteiger partial charge in [0, 0.05) is 0 Å². The van der Waals surface area contributed by atoms with Crippen molar-refractivity contribution in [2.24, 2.45) is 5.14 Å². The lowest BCUT2D eigenvalue weighted by atomic mass is 10.2. The SMILES string of the molecule is NS(=O)(=O)c1cc(S(=O)(=O)c2ccccc2)ccc1C(F)(F)F. The molecule has 0 amide bonds. The minimum Gasteiger partial charge on any atom is -0.225 e. The first kappa shape index (κ1) is 17.4. The zero-order valence-corrected chi connectivity index (χ0v) is 12.9. The molecule has 0 atom stereocenters. The molecule has 0 saturated carbocycles. The number of primary sulfonamides is 1. The van der Waals surface area contributed by atoms with E-state index >= 15 is 0 Å². The Hall–Kier alpha value is -1.91. The highest BCUT2D eigenvalue weighted by Gasteiger charge is 2.37. The lowest BCUT2D eigenvalue weighted by Gasteiger charge is -2.13. The molecule has 0 fully saturated rings. The highest BCUT2D eigenvalue weighted by atomic mass is 32.2. The lowest BCUT2D eigenvalue weighted by Crippen LogP contribution is -2.19. The Morgan fingerprint density at radius 3 is 1.87 bits per heavy atom. The second-order valence-electron chi connectivity index (χ2n) is 4.52. The zero-order valence-electron chi connectivity index (χ0n) is 11.3. The molecule has 0 spiro atoms. The summed E-state index contributed by atoms with van der Waals surface area (Å²) in [7, 11) is -8.94. The predicted octanol–water partition coefficient (Wildman–Crippen LogP) is 2.19. The third-order valence-corrected chi connectivity index (χ3v) is 5.65. The van der Waals surface area contributed by atoms with Gasteiger partial charge >= 0.3 is 6.18 Å². The first-order chi connectivity index (χ1) is 10.4. The average molecular weight is 365 g/mol. The number of hydrogen-bond donors (Lipinski definition) is 1. The molecule has 5 nitrogen and oxygen atoms in total. The lowest BCUT2D eigenvalue weighted by molar-refractivity contribution is -0.139. The van der Waals surface area contributed by atoms with Crippen molar-refractivity contribution in [2.45, 2.75) is 20.9 Å². The summed E-state index contributed by atoms with van der Waals surface area (Å²) < 4.78 is 86.1. The molecule has 0 aliphatic carbocycles. The summed E-state index contributed by atoms with van der Waals surface area (Å²) >= 11 is 0. The number of benzene rings is 2. The van der Waals surface area contributed by atoms with Gasteiger partial charge in [0.15, 0.2) is 0 Å². The Labute approximate surface area is 130 Å². The van der Waals surface area contributed by atoms with Crippen LogP contribution in [-0.2, 0) is 26.0 Å². The molecule has 0 unspecified atom stereocenters. The number of sulfone groups is 1. The van der Waals surface area contributed by atoms with Gasteiger partial charge in [0.25, 0.3) is 0 Å². The maximum atomic E-state index is 12.9. The molecule has 0 saturated heterocycles. The largest absolute Gasteiger partial charge is 0.417 e. The van der Waals surface area contributed by atoms with Crippen molar-refractivity contribution < 1.29 is 30.0 Å². The molecule has 2 aromatic rings. The van der Waals surface area contributed by atoms with Crippen LogP contribution in [0.25, 0.3) is 0 Å². The quantitative estimate of drug-likeness (QED) is 0.902. The molecule has 2 rings (SSSR count). The van der Waals surface area contributed by atoms with E-state index in [9.17, 15) is 30.0 Å². The summed E-state index contributed by atoms with van der Waals surface area (Å²) in [6.07, 6.45) is -4.99. The second-order valence-corrected chi connectivity index (χ2v) is 8.00. The third-order valence-electron chi connectivity index (χ3n) is 2.93. The van der Waals surface area contributed by atoms with E-state index in [0.29, 0.717) is 18.2 Å². The smallest absolute Gasteiger partial charge is 0.225 e. The van der Waals surface area contributed by atoms with Crippen molar-refractivity contribution in [1.82, 2.24) is 0 Å². The first-order valence-electron chi connectivity index (χ1n) is 5.98. The van der Waals surface area contributed by atoms with Gasteiger partial charge in [-0.3, -0.25) is 0 Å². The van der Waals surface area contributed by atoms with Crippen LogP contribution < -0.4 is 5.14 Å². The van der Waals surface area contributed by atoms with Crippen molar-refractivity contribution in [3.8, 4) is 0 Å². The number of hydrogen-bond acceptors (Lipinski definition) is 4. The predicted molar refractivity (Wildman–Crippen MR) is 74.7 cm³/mol. The van der Waals surface area contributed by atoms with Gasteiger partial charge in [0.1, 0.15) is 0 Å². The molecule has 0 heterocycles. The monoisotopic (exact) mass is 365 g/mol. The highest BCUT2D eigenvalue weighted by Crippen LogP contribution is 2.35. The summed E-state index contributed by atoms with van der Waals surface area (Å²) in [4.78, 5) is -2.07. The van der Waals surface area contributed by atoms with E-state index in [1.807, 2.05) is 0 Å².